The first-order valence-corrected chi connectivity index (χ1v) is 7.87. The largest absolute Gasteiger partial charge is 0.340 e. The van der Waals surface area contributed by atoms with Gasteiger partial charge in [-0.25, -0.2) is 9.37 Å². The molecule has 122 valence electrons. The number of para-hydroxylation sites is 1. The van der Waals surface area contributed by atoms with E-state index in [9.17, 15) is 4.39 Å². The van der Waals surface area contributed by atoms with Crippen LogP contribution in [0.15, 0.2) is 54.6 Å². The summed E-state index contributed by atoms with van der Waals surface area (Å²) in [6.45, 7) is 4.02. The van der Waals surface area contributed by atoms with Crippen molar-refractivity contribution in [2.75, 3.05) is 10.6 Å². The highest BCUT2D eigenvalue weighted by Gasteiger charge is 2.06. The SMILES string of the molecule is CCc1ccccc1Nc1nc(C)cc(Nc2ccc(F)cc2)n1. The van der Waals surface area contributed by atoms with E-state index >= 15 is 0 Å². The molecule has 4 nitrogen and oxygen atoms in total. The van der Waals surface area contributed by atoms with Crippen molar-refractivity contribution in [3.8, 4) is 0 Å². The Morgan fingerprint density at radius 1 is 0.958 bits per heavy atom. The van der Waals surface area contributed by atoms with Gasteiger partial charge in [0.15, 0.2) is 0 Å². The number of benzene rings is 2. The third-order valence-corrected chi connectivity index (χ3v) is 3.62. The number of rotatable bonds is 5. The van der Waals surface area contributed by atoms with Gasteiger partial charge in [0.1, 0.15) is 11.6 Å². The summed E-state index contributed by atoms with van der Waals surface area (Å²) in [5, 5.41) is 6.45. The summed E-state index contributed by atoms with van der Waals surface area (Å²) in [7, 11) is 0. The molecular formula is C19H19FN4. The van der Waals surface area contributed by atoms with E-state index < -0.39 is 0 Å². The molecule has 3 rings (SSSR count). The molecule has 0 fully saturated rings. The fraction of sp³-hybridized carbons (Fsp3) is 0.158. The molecule has 0 atom stereocenters. The topological polar surface area (TPSA) is 49.8 Å². The van der Waals surface area contributed by atoms with Gasteiger partial charge in [-0.05, 0) is 49.2 Å². The Labute approximate surface area is 140 Å². The molecule has 0 aliphatic rings. The second-order valence-electron chi connectivity index (χ2n) is 5.49. The standard InChI is InChI=1S/C19H19FN4/c1-3-14-6-4-5-7-17(14)23-19-21-13(2)12-18(24-19)22-16-10-8-15(20)9-11-16/h4-12H,3H2,1-2H3,(H2,21,22,23,24). The van der Waals surface area contributed by atoms with Crippen molar-refractivity contribution < 1.29 is 4.39 Å². The van der Waals surface area contributed by atoms with Gasteiger partial charge in [-0.1, -0.05) is 25.1 Å². The number of nitrogens with one attached hydrogen (secondary N) is 2. The van der Waals surface area contributed by atoms with Crippen LogP contribution in [0.2, 0.25) is 0 Å². The summed E-state index contributed by atoms with van der Waals surface area (Å²) in [4.78, 5) is 8.93. The van der Waals surface area contributed by atoms with Crippen LogP contribution in [0.1, 0.15) is 18.2 Å². The Bertz CT molecular complexity index is 831. The molecule has 2 aromatic carbocycles. The van der Waals surface area contributed by atoms with E-state index in [4.69, 9.17) is 0 Å². The molecule has 0 aliphatic carbocycles. The van der Waals surface area contributed by atoms with Crippen LogP contribution in [-0.4, -0.2) is 9.97 Å². The van der Waals surface area contributed by atoms with E-state index in [0.29, 0.717) is 11.8 Å². The zero-order valence-electron chi connectivity index (χ0n) is 13.7. The van der Waals surface area contributed by atoms with E-state index in [1.807, 2.05) is 31.2 Å². The van der Waals surface area contributed by atoms with Crippen molar-refractivity contribution in [2.45, 2.75) is 20.3 Å². The van der Waals surface area contributed by atoms with E-state index in [0.717, 1.165) is 23.5 Å². The minimum absolute atomic E-state index is 0.266. The number of halogens is 1. The van der Waals surface area contributed by atoms with E-state index in [1.165, 1.54) is 17.7 Å². The first-order chi connectivity index (χ1) is 11.6. The molecule has 0 saturated heterocycles. The summed E-state index contributed by atoms with van der Waals surface area (Å²) >= 11 is 0. The highest BCUT2D eigenvalue weighted by molar-refractivity contribution is 5.62. The van der Waals surface area contributed by atoms with Crippen LogP contribution in [0, 0.1) is 12.7 Å². The normalized spacial score (nSPS) is 10.5. The average Bonchev–Trinajstić information content (AvgIpc) is 2.57. The molecule has 0 spiro atoms. The third kappa shape index (κ3) is 3.87. The third-order valence-electron chi connectivity index (χ3n) is 3.62. The van der Waals surface area contributed by atoms with Crippen molar-refractivity contribution in [1.82, 2.24) is 9.97 Å². The second kappa shape index (κ2) is 7.08. The molecule has 0 amide bonds. The maximum absolute atomic E-state index is 13.0. The molecule has 2 N–H and O–H groups in total. The summed E-state index contributed by atoms with van der Waals surface area (Å²) in [5.74, 6) is 0.920. The quantitative estimate of drug-likeness (QED) is 0.696. The number of aryl methyl sites for hydroxylation is 2. The Morgan fingerprint density at radius 2 is 1.71 bits per heavy atom. The molecule has 1 heterocycles. The van der Waals surface area contributed by atoms with Crippen LogP contribution in [-0.2, 0) is 6.42 Å². The van der Waals surface area contributed by atoms with Gasteiger partial charge in [-0.15, -0.1) is 0 Å². The van der Waals surface area contributed by atoms with Gasteiger partial charge in [-0.2, -0.15) is 4.98 Å². The first-order valence-electron chi connectivity index (χ1n) is 7.87. The molecule has 24 heavy (non-hydrogen) atoms. The van der Waals surface area contributed by atoms with Gasteiger partial charge >= 0.3 is 0 Å². The first kappa shape index (κ1) is 15.9. The zero-order valence-corrected chi connectivity index (χ0v) is 13.7. The lowest BCUT2D eigenvalue weighted by molar-refractivity contribution is 0.628. The minimum atomic E-state index is -0.266. The average molecular weight is 322 g/mol. The fourth-order valence-electron chi connectivity index (χ4n) is 2.44. The molecule has 1 aromatic heterocycles. The highest BCUT2D eigenvalue weighted by atomic mass is 19.1. The fourth-order valence-corrected chi connectivity index (χ4v) is 2.44. The van der Waals surface area contributed by atoms with Crippen LogP contribution >= 0.6 is 0 Å². The maximum atomic E-state index is 13.0. The molecule has 0 bridgehead atoms. The Balaban J connectivity index is 1.84. The molecular weight excluding hydrogens is 303 g/mol. The summed E-state index contributed by atoms with van der Waals surface area (Å²) < 4.78 is 13.0. The van der Waals surface area contributed by atoms with Crippen LogP contribution in [0.4, 0.5) is 27.5 Å². The Hall–Kier alpha value is -2.95. The van der Waals surface area contributed by atoms with Crippen molar-refractivity contribution in [3.63, 3.8) is 0 Å². The van der Waals surface area contributed by atoms with Crippen LogP contribution in [0.5, 0.6) is 0 Å². The molecule has 0 radical (unpaired) electrons. The molecule has 0 aliphatic heterocycles. The van der Waals surface area contributed by atoms with Gasteiger partial charge in [0, 0.05) is 23.1 Å². The van der Waals surface area contributed by atoms with E-state index in [1.54, 1.807) is 12.1 Å². The van der Waals surface area contributed by atoms with Crippen LogP contribution in [0.25, 0.3) is 0 Å². The van der Waals surface area contributed by atoms with Gasteiger partial charge in [0.2, 0.25) is 5.95 Å². The zero-order chi connectivity index (χ0) is 16.9. The summed E-state index contributed by atoms with van der Waals surface area (Å²) in [6.07, 6.45) is 0.926. The smallest absolute Gasteiger partial charge is 0.229 e. The number of anilines is 4. The van der Waals surface area contributed by atoms with E-state index in [2.05, 4.69) is 33.6 Å². The summed E-state index contributed by atoms with van der Waals surface area (Å²) in [6, 6.07) is 16.1. The lowest BCUT2D eigenvalue weighted by atomic mass is 10.1. The predicted octanol–water partition coefficient (Wildman–Crippen LogP) is 4.97. The number of aromatic nitrogens is 2. The maximum Gasteiger partial charge on any atom is 0.229 e. The van der Waals surface area contributed by atoms with Crippen molar-refractivity contribution in [3.05, 3.63) is 71.7 Å². The highest BCUT2D eigenvalue weighted by Crippen LogP contribution is 2.22. The van der Waals surface area contributed by atoms with Crippen LogP contribution in [0.3, 0.4) is 0 Å². The monoisotopic (exact) mass is 322 g/mol. The van der Waals surface area contributed by atoms with Gasteiger partial charge in [0.25, 0.3) is 0 Å². The Morgan fingerprint density at radius 3 is 2.46 bits per heavy atom. The Kier molecular flexibility index (Phi) is 4.70. The lowest BCUT2D eigenvalue weighted by Crippen LogP contribution is -2.03. The van der Waals surface area contributed by atoms with Gasteiger partial charge in [-0.3, -0.25) is 0 Å². The van der Waals surface area contributed by atoms with Crippen molar-refractivity contribution in [1.29, 1.82) is 0 Å². The van der Waals surface area contributed by atoms with Crippen molar-refractivity contribution >= 4 is 23.1 Å². The number of hydrogen-bond acceptors (Lipinski definition) is 4. The van der Waals surface area contributed by atoms with Gasteiger partial charge < -0.3 is 10.6 Å². The van der Waals surface area contributed by atoms with Gasteiger partial charge in [0.05, 0.1) is 0 Å². The minimum Gasteiger partial charge on any atom is -0.340 e. The van der Waals surface area contributed by atoms with E-state index in [-0.39, 0.29) is 5.82 Å². The summed E-state index contributed by atoms with van der Waals surface area (Å²) in [5.41, 5.74) is 3.81. The molecule has 0 unspecified atom stereocenters. The number of nitrogens with zero attached hydrogens (tertiary/aromatic N) is 2. The molecule has 3 aromatic rings. The molecule has 5 heteroatoms. The second-order valence-corrected chi connectivity index (χ2v) is 5.49. The van der Waals surface area contributed by atoms with Crippen LogP contribution < -0.4 is 10.6 Å². The number of hydrogen-bond donors (Lipinski definition) is 2. The molecule has 0 saturated carbocycles. The van der Waals surface area contributed by atoms with Crippen molar-refractivity contribution in [2.24, 2.45) is 0 Å². The lowest BCUT2D eigenvalue weighted by Gasteiger charge is -2.12. The predicted molar refractivity (Wildman–Crippen MR) is 95.6 cm³/mol.